The molecule has 1 saturated heterocycles. The van der Waals surface area contributed by atoms with E-state index in [1.165, 1.54) is 6.92 Å². The maximum Gasteiger partial charge on any atom is 0.320 e. The minimum atomic E-state index is -0.305. The van der Waals surface area contributed by atoms with Crippen LogP contribution in [0.5, 0.6) is 0 Å². The van der Waals surface area contributed by atoms with E-state index in [9.17, 15) is 9.59 Å². The Balaban J connectivity index is 1.47. The van der Waals surface area contributed by atoms with Crippen molar-refractivity contribution in [2.75, 3.05) is 23.8 Å². The van der Waals surface area contributed by atoms with Gasteiger partial charge in [0.1, 0.15) is 0 Å². The van der Waals surface area contributed by atoms with E-state index in [0.29, 0.717) is 12.4 Å². The highest BCUT2D eigenvalue weighted by Crippen LogP contribution is 2.28. The van der Waals surface area contributed by atoms with E-state index in [0.717, 1.165) is 47.2 Å². The first-order valence-corrected chi connectivity index (χ1v) is 9.61. The fraction of sp³-hybridized carbons (Fsp3) is 0.286. The van der Waals surface area contributed by atoms with Crippen molar-refractivity contribution in [3.8, 4) is 11.1 Å². The van der Waals surface area contributed by atoms with Gasteiger partial charge in [-0.2, -0.15) is 5.10 Å². The molecule has 0 aliphatic carbocycles. The molecular formula is C21H23N5O3. The highest BCUT2D eigenvalue weighted by Gasteiger charge is 2.17. The predicted molar refractivity (Wildman–Crippen MR) is 112 cm³/mol. The Morgan fingerprint density at radius 1 is 1.17 bits per heavy atom. The molecule has 4 N–H and O–H groups in total. The number of hydrogen-bond acceptors (Lipinski definition) is 4. The molecule has 29 heavy (non-hydrogen) atoms. The summed E-state index contributed by atoms with van der Waals surface area (Å²) in [4.78, 5) is 23.4. The highest BCUT2D eigenvalue weighted by atomic mass is 16.5. The number of ether oxygens (including phenoxy) is 1. The fourth-order valence-corrected chi connectivity index (χ4v) is 3.44. The monoisotopic (exact) mass is 393 g/mol. The van der Waals surface area contributed by atoms with E-state index in [1.807, 2.05) is 42.5 Å². The number of urea groups is 1. The van der Waals surface area contributed by atoms with Crippen molar-refractivity contribution in [3.63, 3.8) is 0 Å². The Bertz CT molecular complexity index is 1040. The third-order valence-corrected chi connectivity index (χ3v) is 4.83. The lowest BCUT2D eigenvalue weighted by Crippen LogP contribution is -2.35. The molecule has 3 aromatic rings. The van der Waals surface area contributed by atoms with E-state index in [-0.39, 0.29) is 18.0 Å². The zero-order valence-corrected chi connectivity index (χ0v) is 16.1. The van der Waals surface area contributed by atoms with Gasteiger partial charge in [0.15, 0.2) is 5.82 Å². The molecule has 1 fully saturated rings. The van der Waals surface area contributed by atoms with Crippen molar-refractivity contribution in [1.29, 1.82) is 0 Å². The second-order valence-electron chi connectivity index (χ2n) is 7.06. The first-order valence-electron chi connectivity index (χ1n) is 9.61. The van der Waals surface area contributed by atoms with E-state index < -0.39 is 0 Å². The summed E-state index contributed by atoms with van der Waals surface area (Å²) in [6.07, 6.45) is 2.10. The Kier molecular flexibility index (Phi) is 5.44. The number of carbonyl (C=O) groups excluding carboxylic acids is 2. The number of benzene rings is 2. The largest absolute Gasteiger partial charge is 0.376 e. The summed E-state index contributed by atoms with van der Waals surface area (Å²) < 4.78 is 5.51. The van der Waals surface area contributed by atoms with Crippen LogP contribution in [0.25, 0.3) is 22.0 Å². The van der Waals surface area contributed by atoms with Crippen LogP contribution in [0, 0.1) is 0 Å². The number of rotatable bonds is 5. The van der Waals surface area contributed by atoms with Crippen LogP contribution >= 0.6 is 0 Å². The molecule has 150 valence electrons. The van der Waals surface area contributed by atoms with Crippen LogP contribution in [0.15, 0.2) is 42.5 Å². The summed E-state index contributed by atoms with van der Waals surface area (Å²) >= 11 is 0. The molecule has 0 spiro atoms. The molecule has 8 nitrogen and oxygen atoms in total. The molecule has 1 aromatic heterocycles. The second kappa shape index (κ2) is 8.32. The van der Waals surface area contributed by atoms with Crippen LogP contribution in [-0.4, -0.2) is 41.4 Å². The number of anilines is 2. The predicted octanol–water partition coefficient (Wildman–Crippen LogP) is 3.49. The van der Waals surface area contributed by atoms with Crippen molar-refractivity contribution >= 4 is 34.3 Å². The third kappa shape index (κ3) is 4.55. The number of aromatic nitrogens is 2. The standard InChI is InChI=1S/C21H23N5O3/c1-13(27)23-16-5-2-4-14(10-16)15-7-8-18-19(11-15)25-26-20(18)24-21(28)22-12-17-6-3-9-29-17/h2,4-5,7-8,10-11,17H,3,6,9,12H2,1H3,(H,23,27)(H3,22,24,25,26,28). The average molecular weight is 393 g/mol. The minimum absolute atomic E-state index is 0.0903. The van der Waals surface area contributed by atoms with E-state index in [2.05, 4.69) is 26.1 Å². The Hall–Kier alpha value is -3.39. The molecule has 2 heterocycles. The lowest BCUT2D eigenvalue weighted by molar-refractivity contribution is -0.114. The summed E-state index contributed by atoms with van der Waals surface area (Å²) in [6.45, 7) is 2.73. The number of hydrogen-bond donors (Lipinski definition) is 4. The van der Waals surface area contributed by atoms with Crippen LogP contribution in [0.3, 0.4) is 0 Å². The first-order chi connectivity index (χ1) is 14.1. The van der Waals surface area contributed by atoms with Crippen LogP contribution < -0.4 is 16.0 Å². The topological polar surface area (TPSA) is 108 Å². The number of carbonyl (C=O) groups is 2. The normalized spacial score (nSPS) is 16.0. The lowest BCUT2D eigenvalue weighted by atomic mass is 10.0. The molecule has 1 aliphatic rings. The smallest absolute Gasteiger partial charge is 0.320 e. The summed E-state index contributed by atoms with van der Waals surface area (Å²) in [7, 11) is 0. The van der Waals surface area contributed by atoms with Crippen molar-refractivity contribution in [1.82, 2.24) is 15.5 Å². The average Bonchev–Trinajstić information content (AvgIpc) is 3.36. The molecule has 0 saturated carbocycles. The molecule has 4 rings (SSSR count). The Morgan fingerprint density at radius 2 is 2.03 bits per heavy atom. The molecule has 0 bridgehead atoms. The van der Waals surface area contributed by atoms with Gasteiger partial charge in [-0.3, -0.25) is 15.2 Å². The number of nitrogens with one attached hydrogen (secondary N) is 4. The second-order valence-corrected chi connectivity index (χ2v) is 7.06. The highest BCUT2D eigenvalue weighted by molar-refractivity contribution is 6.00. The lowest BCUT2D eigenvalue weighted by Gasteiger charge is -2.11. The molecule has 1 atom stereocenters. The molecule has 8 heteroatoms. The number of H-pyrrole nitrogens is 1. The number of fused-ring (bicyclic) bond motifs is 1. The number of amides is 3. The van der Waals surface area contributed by atoms with Crippen LogP contribution in [0.1, 0.15) is 19.8 Å². The summed E-state index contributed by atoms with van der Waals surface area (Å²) in [6, 6.07) is 13.2. The van der Waals surface area contributed by atoms with E-state index in [1.54, 1.807) is 0 Å². The van der Waals surface area contributed by atoms with Crippen molar-refractivity contribution in [2.24, 2.45) is 0 Å². The zero-order chi connectivity index (χ0) is 20.2. The summed E-state index contributed by atoms with van der Waals surface area (Å²) in [5.74, 6) is 0.364. The van der Waals surface area contributed by atoms with Crippen LogP contribution in [-0.2, 0) is 9.53 Å². The molecule has 2 aromatic carbocycles. The van der Waals surface area contributed by atoms with Gasteiger partial charge in [0.25, 0.3) is 0 Å². The molecular weight excluding hydrogens is 370 g/mol. The molecule has 3 amide bonds. The summed E-state index contributed by atoms with van der Waals surface area (Å²) in [5, 5.41) is 16.4. The van der Waals surface area contributed by atoms with Gasteiger partial charge in [-0.15, -0.1) is 0 Å². The van der Waals surface area contributed by atoms with Gasteiger partial charge in [0, 0.05) is 31.1 Å². The van der Waals surface area contributed by atoms with Crippen LogP contribution in [0.4, 0.5) is 16.3 Å². The Morgan fingerprint density at radius 3 is 2.83 bits per heavy atom. The Labute approximate surface area is 168 Å². The summed E-state index contributed by atoms with van der Waals surface area (Å²) in [5.41, 5.74) is 3.49. The zero-order valence-electron chi connectivity index (χ0n) is 16.1. The number of aromatic amines is 1. The third-order valence-electron chi connectivity index (χ3n) is 4.83. The van der Waals surface area contributed by atoms with Crippen molar-refractivity contribution in [3.05, 3.63) is 42.5 Å². The first kappa shape index (κ1) is 18.9. The maximum atomic E-state index is 12.2. The van der Waals surface area contributed by atoms with Gasteiger partial charge in [-0.1, -0.05) is 18.2 Å². The van der Waals surface area contributed by atoms with Gasteiger partial charge >= 0.3 is 6.03 Å². The van der Waals surface area contributed by atoms with Gasteiger partial charge < -0.3 is 15.4 Å². The molecule has 1 aliphatic heterocycles. The van der Waals surface area contributed by atoms with E-state index >= 15 is 0 Å². The molecule has 1 unspecified atom stereocenters. The van der Waals surface area contributed by atoms with Crippen molar-refractivity contribution < 1.29 is 14.3 Å². The van der Waals surface area contributed by atoms with Gasteiger partial charge in [0.05, 0.1) is 11.6 Å². The van der Waals surface area contributed by atoms with Gasteiger partial charge in [-0.25, -0.2) is 4.79 Å². The maximum absolute atomic E-state index is 12.2. The minimum Gasteiger partial charge on any atom is -0.376 e. The molecule has 0 radical (unpaired) electrons. The number of nitrogens with zero attached hydrogens (tertiary/aromatic N) is 1. The van der Waals surface area contributed by atoms with Gasteiger partial charge in [0.2, 0.25) is 5.91 Å². The SMILES string of the molecule is CC(=O)Nc1cccc(-c2ccc3c(NC(=O)NCC4CCCO4)n[nH]c3c2)c1. The van der Waals surface area contributed by atoms with Gasteiger partial charge in [-0.05, 0) is 48.2 Å². The van der Waals surface area contributed by atoms with Crippen LogP contribution in [0.2, 0.25) is 0 Å². The van der Waals surface area contributed by atoms with E-state index in [4.69, 9.17) is 4.74 Å². The quantitative estimate of drug-likeness (QED) is 0.532. The fourth-order valence-electron chi connectivity index (χ4n) is 3.44. The van der Waals surface area contributed by atoms with Crippen molar-refractivity contribution in [2.45, 2.75) is 25.9 Å².